The van der Waals surface area contributed by atoms with E-state index in [1.807, 2.05) is 0 Å². The van der Waals surface area contributed by atoms with Gasteiger partial charge in [0.2, 0.25) is 5.91 Å². The van der Waals surface area contributed by atoms with E-state index < -0.39 is 27.3 Å². The largest absolute Gasteiger partial charge is 0.325 e. The third-order valence-electron chi connectivity index (χ3n) is 2.68. The maximum atomic E-state index is 13.0. The Hall–Kier alpha value is -2.21. The Balaban J connectivity index is 1.99. The van der Waals surface area contributed by atoms with E-state index in [9.17, 15) is 17.6 Å². The standard InChI is InChI=1S/C15H14FNO3S/c16-13-6-4-5-12(9-13)10-21(19,20)11-15(18)17-14-7-2-1-3-8-14/h1-9H,10-11H2,(H,17,18). The minimum Gasteiger partial charge on any atom is -0.325 e. The van der Waals surface area contributed by atoms with E-state index in [-0.39, 0.29) is 5.75 Å². The van der Waals surface area contributed by atoms with Crippen LogP contribution in [0, 0.1) is 5.82 Å². The first kappa shape index (κ1) is 15.2. The van der Waals surface area contributed by atoms with Crippen LogP contribution in [0.2, 0.25) is 0 Å². The Morgan fingerprint density at radius 3 is 2.43 bits per heavy atom. The van der Waals surface area contributed by atoms with Crippen molar-refractivity contribution in [3.05, 3.63) is 66.0 Å². The van der Waals surface area contributed by atoms with Crippen LogP contribution in [0.25, 0.3) is 0 Å². The van der Waals surface area contributed by atoms with Crippen LogP contribution >= 0.6 is 0 Å². The first-order valence-corrected chi connectivity index (χ1v) is 8.06. The molecule has 0 saturated carbocycles. The second-order valence-electron chi connectivity index (χ2n) is 4.58. The van der Waals surface area contributed by atoms with Gasteiger partial charge in [0.1, 0.15) is 11.6 Å². The van der Waals surface area contributed by atoms with E-state index in [0.29, 0.717) is 11.3 Å². The van der Waals surface area contributed by atoms with Crippen molar-refractivity contribution in [3.8, 4) is 0 Å². The molecule has 2 rings (SSSR count). The first-order chi connectivity index (χ1) is 9.94. The van der Waals surface area contributed by atoms with Crippen LogP contribution in [0.5, 0.6) is 0 Å². The lowest BCUT2D eigenvalue weighted by atomic mass is 10.2. The van der Waals surface area contributed by atoms with Crippen molar-refractivity contribution in [1.29, 1.82) is 0 Å². The average Bonchev–Trinajstić information content (AvgIpc) is 2.38. The van der Waals surface area contributed by atoms with Crippen molar-refractivity contribution >= 4 is 21.4 Å². The fraction of sp³-hybridized carbons (Fsp3) is 0.133. The van der Waals surface area contributed by atoms with Gasteiger partial charge in [-0.25, -0.2) is 12.8 Å². The molecular formula is C15H14FNO3S. The molecule has 0 atom stereocenters. The van der Waals surface area contributed by atoms with Crippen LogP contribution < -0.4 is 5.32 Å². The number of carbonyl (C=O) groups excluding carboxylic acids is 1. The Bertz CT molecular complexity index is 730. The van der Waals surface area contributed by atoms with E-state index in [2.05, 4.69) is 5.32 Å². The van der Waals surface area contributed by atoms with Crippen LogP contribution in [0.4, 0.5) is 10.1 Å². The van der Waals surface area contributed by atoms with E-state index in [0.717, 1.165) is 6.07 Å². The zero-order valence-electron chi connectivity index (χ0n) is 11.1. The van der Waals surface area contributed by atoms with Gasteiger partial charge in [0.15, 0.2) is 9.84 Å². The number of anilines is 1. The first-order valence-electron chi connectivity index (χ1n) is 6.24. The highest BCUT2D eigenvalue weighted by atomic mass is 32.2. The summed E-state index contributed by atoms with van der Waals surface area (Å²) in [7, 11) is -3.65. The average molecular weight is 307 g/mol. The minimum absolute atomic E-state index is 0.322. The van der Waals surface area contributed by atoms with Gasteiger partial charge in [-0.15, -0.1) is 0 Å². The zero-order valence-corrected chi connectivity index (χ0v) is 11.9. The van der Waals surface area contributed by atoms with Crippen LogP contribution in [0.3, 0.4) is 0 Å². The fourth-order valence-corrected chi connectivity index (χ4v) is 3.11. The molecule has 0 saturated heterocycles. The molecule has 6 heteroatoms. The zero-order chi connectivity index (χ0) is 15.3. The number of rotatable bonds is 5. The Kier molecular flexibility index (Phi) is 4.70. The van der Waals surface area contributed by atoms with Gasteiger partial charge >= 0.3 is 0 Å². The van der Waals surface area contributed by atoms with Crippen LogP contribution in [-0.4, -0.2) is 20.1 Å². The molecule has 2 aromatic rings. The number of sulfone groups is 1. The molecule has 0 radical (unpaired) electrons. The number of carbonyl (C=O) groups is 1. The second-order valence-corrected chi connectivity index (χ2v) is 6.64. The van der Waals surface area contributed by atoms with Crippen molar-refractivity contribution in [3.63, 3.8) is 0 Å². The highest BCUT2D eigenvalue weighted by molar-refractivity contribution is 7.91. The molecule has 21 heavy (non-hydrogen) atoms. The molecule has 0 bridgehead atoms. The van der Waals surface area contributed by atoms with E-state index in [1.54, 1.807) is 30.3 Å². The number of halogens is 1. The Morgan fingerprint density at radius 2 is 1.76 bits per heavy atom. The normalized spacial score (nSPS) is 11.1. The van der Waals surface area contributed by atoms with Gasteiger partial charge in [0, 0.05) is 5.69 Å². The lowest BCUT2D eigenvalue weighted by Crippen LogP contribution is -2.23. The molecule has 110 valence electrons. The van der Waals surface area contributed by atoms with Gasteiger partial charge in [-0.1, -0.05) is 30.3 Å². The third-order valence-corrected chi connectivity index (χ3v) is 4.16. The van der Waals surface area contributed by atoms with Crippen LogP contribution in [0.1, 0.15) is 5.56 Å². The molecular weight excluding hydrogens is 293 g/mol. The molecule has 0 spiro atoms. The van der Waals surface area contributed by atoms with Gasteiger partial charge in [0.25, 0.3) is 0 Å². The monoisotopic (exact) mass is 307 g/mol. The number of nitrogens with one attached hydrogen (secondary N) is 1. The molecule has 0 aromatic heterocycles. The van der Waals surface area contributed by atoms with Crippen molar-refractivity contribution in [1.82, 2.24) is 0 Å². The highest BCUT2D eigenvalue weighted by Gasteiger charge is 2.17. The third kappa shape index (κ3) is 5.00. The molecule has 0 unspecified atom stereocenters. The quantitative estimate of drug-likeness (QED) is 0.922. The fourth-order valence-electron chi connectivity index (χ4n) is 1.85. The predicted molar refractivity (Wildman–Crippen MR) is 79.0 cm³/mol. The lowest BCUT2D eigenvalue weighted by Gasteiger charge is -2.06. The molecule has 0 heterocycles. The molecule has 2 aromatic carbocycles. The summed E-state index contributed by atoms with van der Waals surface area (Å²) in [5.41, 5.74) is 0.853. The van der Waals surface area contributed by atoms with E-state index >= 15 is 0 Å². The number of hydrogen-bond donors (Lipinski definition) is 1. The van der Waals surface area contributed by atoms with Crippen molar-refractivity contribution in [2.75, 3.05) is 11.1 Å². The topological polar surface area (TPSA) is 63.2 Å². The molecule has 0 fully saturated rings. The maximum absolute atomic E-state index is 13.0. The lowest BCUT2D eigenvalue weighted by molar-refractivity contribution is -0.113. The van der Waals surface area contributed by atoms with E-state index in [1.165, 1.54) is 18.2 Å². The summed E-state index contributed by atoms with van der Waals surface area (Å²) in [6, 6.07) is 13.9. The Labute approximate surface area is 122 Å². The van der Waals surface area contributed by atoms with Crippen molar-refractivity contribution in [2.24, 2.45) is 0 Å². The molecule has 0 aliphatic rings. The maximum Gasteiger partial charge on any atom is 0.239 e. The van der Waals surface area contributed by atoms with Crippen LogP contribution in [0.15, 0.2) is 54.6 Å². The minimum atomic E-state index is -3.65. The number of amides is 1. The summed E-state index contributed by atoms with van der Waals surface area (Å²) >= 11 is 0. The van der Waals surface area contributed by atoms with Crippen molar-refractivity contribution in [2.45, 2.75) is 5.75 Å². The summed E-state index contributed by atoms with van der Waals surface area (Å²) in [4.78, 5) is 11.7. The number of hydrogen-bond acceptors (Lipinski definition) is 3. The predicted octanol–water partition coefficient (Wildman–Crippen LogP) is 2.38. The molecule has 0 aliphatic heterocycles. The van der Waals surface area contributed by atoms with Gasteiger partial charge in [-0.3, -0.25) is 4.79 Å². The van der Waals surface area contributed by atoms with Gasteiger partial charge in [0.05, 0.1) is 5.75 Å². The summed E-state index contributed by atoms with van der Waals surface area (Å²) in [6.07, 6.45) is 0. The SMILES string of the molecule is O=C(CS(=O)(=O)Cc1cccc(F)c1)Nc1ccccc1. The second kappa shape index (κ2) is 6.49. The summed E-state index contributed by atoms with van der Waals surface area (Å²) in [5, 5.41) is 2.50. The molecule has 1 amide bonds. The highest BCUT2D eigenvalue weighted by Crippen LogP contribution is 2.10. The molecule has 1 N–H and O–H groups in total. The van der Waals surface area contributed by atoms with Gasteiger partial charge < -0.3 is 5.32 Å². The molecule has 0 aliphatic carbocycles. The van der Waals surface area contributed by atoms with Gasteiger partial charge in [-0.05, 0) is 29.8 Å². The summed E-state index contributed by atoms with van der Waals surface area (Å²) in [6.45, 7) is 0. The number of benzene rings is 2. The van der Waals surface area contributed by atoms with Gasteiger partial charge in [-0.2, -0.15) is 0 Å². The molecule has 4 nitrogen and oxygen atoms in total. The van der Waals surface area contributed by atoms with E-state index in [4.69, 9.17) is 0 Å². The smallest absolute Gasteiger partial charge is 0.239 e. The van der Waals surface area contributed by atoms with Crippen LogP contribution in [-0.2, 0) is 20.4 Å². The Morgan fingerprint density at radius 1 is 1.05 bits per heavy atom. The summed E-state index contributed by atoms with van der Waals surface area (Å²) in [5.74, 6) is -2.13. The summed E-state index contributed by atoms with van der Waals surface area (Å²) < 4.78 is 36.9. The number of para-hydroxylation sites is 1. The van der Waals surface area contributed by atoms with Crippen molar-refractivity contribution < 1.29 is 17.6 Å².